The van der Waals surface area contributed by atoms with E-state index in [1.165, 1.54) is 16.6 Å². The van der Waals surface area contributed by atoms with Crippen molar-refractivity contribution < 1.29 is 14.2 Å². The third-order valence-corrected chi connectivity index (χ3v) is 5.19. The molecule has 1 aromatic carbocycles. The Morgan fingerprint density at radius 2 is 2.07 bits per heavy atom. The monoisotopic (exact) mass is 381 g/mol. The van der Waals surface area contributed by atoms with E-state index in [0.29, 0.717) is 6.61 Å². The highest BCUT2D eigenvalue weighted by Gasteiger charge is 2.25. The van der Waals surface area contributed by atoms with Crippen molar-refractivity contribution in [2.75, 3.05) is 33.9 Å². The van der Waals surface area contributed by atoms with Crippen molar-refractivity contribution in [3.05, 3.63) is 53.9 Å². The number of H-pyrrole nitrogens is 1. The molecule has 1 aliphatic heterocycles. The number of pyridine rings is 1. The summed E-state index contributed by atoms with van der Waals surface area (Å²) in [4.78, 5) is 10.3. The molecule has 0 spiro atoms. The summed E-state index contributed by atoms with van der Waals surface area (Å²) in [7, 11) is 3.77. The number of nitrogens with zero attached hydrogens (tertiary/aromatic N) is 2. The van der Waals surface area contributed by atoms with Gasteiger partial charge in [-0.1, -0.05) is 12.1 Å². The highest BCUT2D eigenvalue weighted by molar-refractivity contribution is 5.81. The fraction of sp³-hybridized carbons (Fsp3) is 0.409. The second-order valence-corrected chi connectivity index (χ2v) is 7.16. The fourth-order valence-electron chi connectivity index (χ4n) is 3.75. The summed E-state index contributed by atoms with van der Waals surface area (Å²) in [6.45, 7) is 3.04. The normalized spacial score (nSPS) is 16.8. The predicted octanol–water partition coefficient (Wildman–Crippen LogP) is 3.93. The zero-order valence-corrected chi connectivity index (χ0v) is 16.5. The van der Waals surface area contributed by atoms with Crippen LogP contribution in [0, 0.1) is 0 Å². The molecule has 4 rings (SSSR count). The molecule has 28 heavy (non-hydrogen) atoms. The molecular weight excluding hydrogens is 354 g/mol. The molecule has 0 aliphatic carbocycles. The van der Waals surface area contributed by atoms with E-state index < -0.39 is 0 Å². The molecule has 0 radical (unpaired) electrons. The van der Waals surface area contributed by atoms with Gasteiger partial charge in [0.15, 0.2) is 11.5 Å². The maximum atomic E-state index is 5.94. The van der Waals surface area contributed by atoms with Gasteiger partial charge in [-0.3, -0.25) is 4.90 Å². The number of rotatable bonds is 8. The van der Waals surface area contributed by atoms with Crippen LogP contribution < -0.4 is 9.47 Å². The molecule has 148 valence electrons. The Labute approximate surface area is 165 Å². The Kier molecular flexibility index (Phi) is 5.78. The minimum absolute atomic E-state index is 0.141. The van der Waals surface area contributed by atoms with Crippen LogP contribution >= 0.6 is 0 Å². The van der Waals surface area contributed by atoms with Crippen molar-refractivity contribution in [2.24, 2.45) is 0 Å². The molecule has 6 heteroatoms. The molecule has 6 nitrogen and oxygen atoms in total. The fourth-order valence-corrected chi connectivity index (χ4v) is 3.75. The molecule has 0 unspecified atom stereocenters. The molecule has 1 aliphatic rings. The Bertz CT molecular complexity index is 918. The Morgan fingerprint density at radius 1 is 1.21 bits per heavy atom. The van der Waals surface area contributed by atoms with Gasteiger partial charge in [-0.15, -0.1) is 0 Å². The van der Waals surface area contributed by atoms with Crippen LogP contribution in [0.5, 0.6) is 11.5 Å². The first-order valence-electron chi connectivity index (χ1n) is 9.77. The van der Waals surface area contributed by atoms with Gasteiger partial charge < -0.3 is 19.2 Å². The lowest BCUT2D eigenvalue weighted by Crippen LogP contribution is -2.24. The Hall–Kier alpha value is -2.57. The van der Waals surface area contributed by atoms with E-state index in [1.54, 1.807) is 7.11 Å². The van der Waals surface area contributed by atoms with Crippen LogP contribution in [-0.2, 0) is 11.3 Å². The summed E-state index contributed by atoms with van der Waals surface area (Å²) in [5.41, 5.74) is 3.38. The lowest BCUT2D eigenvalue weighted by molar-refractivity contribution is 0.107. The minimum atomic E-state index is 0.141. The van der Waals surface area contributed by atoms with Gasteiger partial charge >= 0.3 is 0 Å². The number of hydrogen-bond acceptors (Lipinski definition) is 5. The van der Waals surface area contributed by atoms with Gasteiger partial charge in [0.05, 0.1) is 18.9 Å². The third kappa shape index (κ3) is 3.98. The third-order valence-electron chi connectivity index (χ3n) is 5.19. The molecular formula is C22H27N3O3. The minimum Gasteiger partial charge on any atom is -0.493 e. The van der Waals surface area contributed by atoms with Gasteiger partial charge in [0.25, 0.3) is 0 Å². The lowest BCUT2D eigenvalue weighted by atomic mass is 10.1. The summed E-state index contributed by atoms with van der Waals surface area (Å²) < 4.78 is 17.2. The van der Waals surface area contributed by atoms with Crippen LogP contribution in [-0.4, -0.2) is 48.8 Å². The van der Waals surface area contributed by atoms with Crippen molar-refractivity contribution >= 4 is 11.0 Å². The largest absolute Gasteiger partial charge is 0.493 e. The second kappa shape index (κ2) is 8.63. The van der Waals surface area contributed by atoms with Crippen molar-refractivity contribution in [2.45, 2.75) is 25.5 Å². The summed E-state index contributed by atoms with van der Waals surface area (Å²) in [6.07, 6.45) is 4.13. The average molecular weight is 381 g/mol. The summed E-state index contributed by atoms with van der Waals surface area (Å²) in [5, 5.41) is 1.17. The number of ether oxygens (including phenoxy) is 3. The van der Waals surface area contributed by atoms with Crippen molar-refractivity contribution in [3.63, 3.8) is 0 Å². The van der Waals surface area contributed by atoms with Crippen LogP contribution in [0.25, 0.3) is 11.0 Å². The van der Waals surface area contributed by atoms with Gasteiger partial charge in [0.2, 0.25) is 0 Å². The van der Waals surface area contributed by atoms with E-state index in [9.17, 15) is 0 Å². The highest BCUT2D eigenvalue weighted by atomic mass is 16.5. The van der Waals surface area contributed by atoms with E-state index in [0.717, 1.165) is 49.7 Å². The maximum absolute atomic E-state index is 5.94. The number of para-hydroxylation sites is 2. The van der Waals surface area contributed by atoms with Crippen LogP contribution in [0.4, 0.5) is 0 Å². The van der Waals surface area contributed by atoms with Gasteiger partial charge in [0, 0.05) is 31.3 Å². The topological polar surface area (TPSA) is 59.6 Å². The maximum Gasteiger partial charge on any atom is 0.161 e. The number of benzene rings is 1. The summed E-state index contributed by atoms with van der Waals surface area (Å²) in [5.74, 6) is 1.53. The van der Waals surface area contributed by atoms with Crippen molar-refractivity contribution in [3.8, 4) is 11.5 Å². The Morgan fingerprint density at radius 3 is 2.86 bits per heavy atom. The molecule has 1 atom stereocenters. The second-order valence-electron chi connectivity index (χ2n) is 7.16. The molecule has 0 amide bonds. The Balaban J connectivity index is 1.44. The van der Waals surface area contributed by atoms with E-state index in [1.807, 2.05) is 36.5 Å². The highest BCUT2D eigenvalue weighted by Crippen LogP contribution is 2.34. The summed E-state index contributed by atoms with van der Waals surface area (Å²) >= 11 is 0. The van der Waals surface area contributed by atoms with Crippen LogP contribution in [0.15, 0.2) is 42.6 Å². The van der Waals surface area contributed by atoms with Crippen LogP contribution in [0.2, 0.25) is 0 Å². The standard InChI is InChI=1S/C22H27N3O3/c1-25(12-14-28-19-9-4-3-8-18(19)26-2)15-17-16-7-5-11-23-22(16)24-21(17)20-10-6-13-27-20/h3-5,7-9,11,20H,6,10,12-15H2,1-2H3,(H,23,24)/t20-/m0/s1. The zero-order chi connectivity index (χ0) is 19.3. The first-order valence-corrected chi connectivity index (χ1v) is 9.77. The SMILES string of the molecule is COc1ccccc1OCCN(C)Cc1c([C@@H]2CCCO2)[nH]c2ncccc12. The lowest BCUT2D eigenvalue weighted by Gasteiger charge is -2.19. The van der Waals surface area contributed by atoms with Crippen molar-refractivity contribution in [1.29, 1.82) is 0 Å². The van der Waals surface area contributed by atoms with E-state index in [4.69, 9.17) is 14.2 Å². The molecule has 3 aromatic rings. The van der Waals surface area contributed by atoms with Crippen LogP contribution in [0.1, 0.15) is 30.2 Å². The molecule has 1 N–H and O–H groups in total. The quantitative estimate of drug-likeness (QED) is 0.641. The first kappa shape index (κ1) is 18.8. The first-order chi connectivity index (χ1) is 13.8. The van der Waals surface area contributed by atoms with E-state index >= 15 is 0 Å². The smallest absolute Gasteiger partial charge is 0.161 e. The average Bonchev–Trinajstić information content (AvgIpc) is 3.37. The van der Waals surface area contributed by atoms with Crippen LogP contribution in [0.3, 0.4) is 0 Å². The van der Waals surface area contributed by atoms with E-state index in [-0.39, 0.29) is 6.10 Å². The number of fused-ring (bicyclic) bond motifs is 1. The molecule has 0 saturated carbocycles. The zero-order valence-electron chi connectivity index (χ0n) is 16.5. The molecule has 1 saturated heterocycles. The number of aromatic amines is 1. The number of hydrogen-bond donors (Lipinski definition) is 1. The molecule has 2 aromatic heterocycles. The predicted molar refractivity (Wildman–Crippen MR) is 109 cm³/mol. The van der Waals surface area contributed by atoms with Gasteiger partial charge in [-0.05, 0) is 49.7 Å². The van der Waals surface area contributed by atoms with Crippen molar-refractivity contribution in [1.82, 2.24) is 14.9 Å². The number of aromatic nitrogens is 2. The van der Waals surface area contributed by atoms with Gasteiger partial charge in [-0.25, -0.2) is 4.98 Å². The number of methoxy groups -OCH3 is 1. The molecule has 1 fully saturated rings. The van der Waals surface area contributed by atoms with E-state index in [2.05, 4.69) is 28.0 Å². The summed E-state index contributed by atoms with van der Waals surface area (Å²) in [6, 6.07) is 11.9. The van der Waals surface area contributed by atoms with Gasteiger partial charge in [-0.2, -0.15) is 0 Å². The molecule has 0 bridgehead atoms. The van der Waals surface area contributed by atoms with Gasteiger partial charge in [0.1, 0.15) is 12.3 Å². The molecule has 3 heterocycles. The number of nitrogens with one attached hydrogen (secondary N) is 1. The number of likely N-dealkylation sites (N-methyl/N-ethyl adjacent to an activating group) is 1.